The average molecular weight is 663 g/mol. The molecule has 0 aliphatic carbocycles. The number of carbonyl (C=O) groups excluding carboxylic acids is 2. The number of ether oxygens (including phenoxy) is 3. The third-order valence-corrected chi connectivity index (χ3v) is 9.69. The minimum absolute atomic E-state index is 0.0308. The molecule has 0 saturated carbocycles. The van der Waals surface area contributed by atoms with Gasteiger partial charge in [0.15, 0.2) is 21.3 Å². The zero-order chi connectivity index (χ0) is 34.3. The molecule has 1 aromatic heterocycles. The van der Waals surface area contributed by atoms with E-state index in [0.717, 1.165) is 10.8 Å². The molecule has 12 heteroatoms. The Kier molecular flexibility index (Phi) is 11.3. The van der Waals surface area contributed by atoms with Gasteiger partial charge in [-0.1, -0.05) is 24.3 Å². The molecule has 4 aromatic rings. The van der Waals surface area contributed by atoms with Crippen LogP contribution in [0.5, 0.6) is 11.5 Å². The fourth-order valence-corrected chi connectivity index (χ4v) is 6.42. The van der Waals surface area contributed by atoms with Crippen molar-refractivity contribution in [3.8, 4) is 11.5 Å². The first-order valence-corrected chi connectivity index (χ1v) is 16.9. The van der Waals surface area contributed by atoms with Crippen LogP contribution < -0.4 is 25.8 Å². The molecular weight excluding hydrogens is 620 g/mol. The maximum atomic E-state index is 14.4. The van der Waals surface area contributed by atoms with Crippen LogP contribution in [0.1, 0.15) is 64.3 Å². The highest BCUT2D eigenvalue weighted by atomic mass is 32.2. The number of benzene rings is 3. The first-order valence-electron chi connectivity index (χ1n) is 15.4. The number of nitrogens with zero attached hydrogens (tertiary/aromatic N) is 1. The number of hydrogen-bond donors (Lipinski definition) is 3. The molecule has 4 N–H and O–H groups in total. The van der Waals surface area contributed by atoms with Gasteiger partial charge in [-0.2, -0.15) is 0 Å². The highest BCUT2D eigenvalue weighted by Gasteiger charge is 2.31. The number of nitrogens with two attached hydrogens (primary N) is 1. The van der Waals surface area contributed by atoms with Crippen molar-refractivity contribution in [2.45, 2.75) is 69.4 Å². The second-order valence-electron chi connectivity index (χ2n) is 11.5. The smallest absolute Gasteiger partial charge is 0.307 e. The number of fused-ring (bicyclic) bond motifs is 1. The monoisotopic (exact) mass is 662 g/mol. The third kappa shape index (κ3) is 8.31. The number of carbonyl (C=O) groups is 2. The zero-order valence-electron chi connectivity index (χ0n) is 27.4. The van der Waals surface area contributed by atoms with E-state index in [1.165, 1.54) is 13.2 Å². The van der Waals surface area contributed by atoms with Gasteiger partial charge in [-0.15, -0.1) is 0 Å². The Labute approximate surface area is 275 Å². The Hall–Kier alpha value is -4.84. The van der Waals surface area contributed by atoms with Gasteiger partial charge < -0.3 is 30.6 Å². The van der Waals surface area contributed by atoms with Crippen molar-refractivity contribution in [3.05, 3.63) is 84.1 Å². The number of rotatable bonds is 14. The lowest BCUT2D eigenvalue weighted by molar-refractivity contribution is -0.141. The van der Waals surface area contributed by atoms with Crippen molar-refractivity contribution in [2.75, 3.05) is 24.8 Å². The predicted molar refractivity (Wildman–Crippen MR) is 182 cm³/mol. The van der Waals surface area contributed by atoms with E-state index in [1.54, 1.807) is 62.5 Å². The summed E-state index contributed by atoms with van der Waals surface area (Å²) in [7, 11) is -2.53. The van der Waals surface area contributed by atoms with Crippen LogP contribution in [-0.2, 0) is 24.2 Å². The quantitative estimate of drug-likeness (QED) is 0.142. The van der Waals surface area contributed by atoms with Crippen LogP contribution in [0.3, 0.4) is 0 Å². The molecule has 0 saturated heterocycles. The number of methoxy groups -OCH3 is 1. The second kappa shape index (κ2) is 15.2. The second-order valence-corrected chi connectivity index (χ2v) is 14.0. The number of hydrogen-bond acceptors (Lipinski definition) is 10. The number of pyridine rings is 1. The van der Waals surface area contributed by atoms with Crippen LogP contribution in [-0.4, -0.2) is 50.3 Å². The fraction of sp³-hybridized carbons (Fsp3) is 0.343. The van der Waals surface area contributed by atoms with Gasteiger partial charge in [0, 0.05) is 17.3 Å². The summed E-state index contributed by atoms with van der Waals surface area (Å²) in [5, 5.41) is 7.11. The first-order chi connectivity index (χ1) is 22.3. The van der Waals surface area contributed by atoms with Gasteiger partial charge >= 0.3 is 5.97 Å². The molecule has 0 bridgehead atoms. The Balaban J connectivity index is 1.82. The molecule has 0 radical (unpaired) electrons. The van der Waals surface area contributed by atoms with Gasteiger partial charge in [-0.25, -0.2) is 13.4 Å². The van der Waals surface area contributed by atoms with Gasteiger partial charge in [0.05, 0.1) is 42.4 Å². The van der Waals surface area contributed by atoms with Gasteiger partial charge in [0.2, 0.25) is 5.91 Å². The summed E-state index contributed by atoms with van der Waals surface area (Å²) in [6.07, 6.45) is 1.19. The maximum Gasteiger partial charge on any atom is 0.307 e. The van der Waals surface area contributed by atoms with Crippen LogP contribution in [0, 0.1) is 0 Å². The number of nitrogens with one attached hydrogen (secondary N) is 2. The minimum atomic E-state index is -3.77. The number of aromatic nitrogens is 1. The number of nitrogen functional groups attached to an aromatic ring is 1. The molecule has 0 spiro atoms. The van der Waals surface area contributed by atoms with Gasteiger partial charge in [0.25, 0.3) is 0 Å². The zero-order valence-corrected chi connectivity index (χ0v) is 28.3. The molecule has 1 heterocycles. The van der Waals surface area contributed by atoms with Gasteiger partial charge in [0.1, 0.15) is 11.9 Å². The molecule has 47 heavy (non-hydrogen) atoms. The van der Waals surface area contributed by atoms with Crippen LogP contribution in [0.2, 0.25) is 0 Å². The summed E-state index contributed by atoms with van der Waals surface area (Å²) < 4.78 is 43.5. The number of esters is 1. The number of anilines is 2. The van der Waals surface area contributed by atoms with E-state index in [9.17, 15) is 18.0 Å². The Morgan fingerprint density at radius 2 is 1.70 bits per heavy atom. The Bertz CT molecular complexity index is 1840. The van der Waals surface area contributed by atoms with Crippen LogP contribution in [0.25, 0.3) is 10.8 Å². The molecule has 2 atom stereocenters. The minimum Gasteiger partial charge on any atom is -0.490 e. The molecular formula is C35H42N4O7S. The Morgan fingerprint density at radius 1 is 0.957 bits per heavy atom. The van der Waals surface area contributed by atoms with Crippen LogP contribution in [0.4, 0.5) is 11.5 Å². The summed E-state index contributed by atoms with van der Waals surface area (Å²) >= 11 is 0. The fourth-order valence-electron chi connectivity index (χ4n) is 5.11. The summed E-state index contributed by atoms with van der Waals surface area (Å²) in [5.74, 6) is 0.215. The van der Waals surface area contributed by atoms with E-state index < -0.39 is 39.0 Å². The molecule has 1 amide bonds. The predicted octanol–water partition coefficient (Wildman–Crippen LogP) is 5.76. The van der Waals surface area contributed by atoms with Crippen molar-refractivity contribution in [3.63, 3.8) is 0 Å². The van der Waals surface area contributed by atoms with Crippen molar-refractivity contribution >= 4 is 44.0 Å². The molecule has 3 aromatic carbocycles. The average Bonchev–Trinajstić information content (AvgIpc) is 3.04. The summed E-state index contributed by atoms with van der Waals surface area (Å²) in [6.45, 7) is 9.19. The van der Waals surface area contributed by atoms with Crippen LogP contribution in [0.15, 0.2) is 77.8 Å². The SMILES string of the molecule is CCOc1cc(C(Nc2ccc3c(N)nccc3c2)C(=O)N[C@H](CC(=O)OC)c2ccccc2S(=O)(=O)C(C)C)ccc1OC(C)C. The van der Waals surface area contributed by atoms with E-state index in [0.29, 0.717) is 35.2 Å². The summed E-state index contributed by atoms with van der Waals surface area (Å²) in [6, 6.07) is 16.8. The van der Waals surface area contributed by atoms with Gasteiger partial charge in [-0.3, -0.25) is 9.59 Å². The lowest BCUT2D eigenvalue weighted by Crippen LogP contribution is -2.38. The molecule has 250 valence electrons. The van der Waals surface area contributed by atoms with E-state index in [2.05, 4.69) is 15.6 Å². The molecule has 4 rings (SSSR count). The normalized spacial score (nSPS) is 12.9. The summed E-state index contributed by atoms with van der Waals surface area (Å²) in [5.41, 5.74) is 7.49. The lowest BCUT2D eigenvalue weighted by atomic mass is 10.0. The molecule has 1 unspecified atom stereocenters. The molecule has 0 aliphatic heterocycles. The number of sulfone groups is 1. The van der Waals surface area contributed by atoms with Gasteiger partial charge in [-0.05, 0) is 93.6 Å². The highest BCUT2D eigenvalue weighted by molar-refractivity contribution is 7.92. The van der Waals surface area contributed by atoms with E-state index in [1.807, 2.05) is 39.0 Å². The third-order valence-electron chi connectivity index (χ3n) is 7.47. The van der Waals surface area contributed by atoms with Crippen molar-refractivity contribution in [1.82, 2.24) is 10.3 Å². The summed E-state index contributed by atoms with van der Waals surface area (Å²) in [4.78, 5) is 31.2. The topological polar surface area (TPSA) is 159 Å². The largest absolute Gasteiger partial charge is 0.490 e. The van der Waals surface area contributed by atoms with E-state index >= 15 is 0 Å². The molecule has 11 nitrogen and oxygen atoms in total. The number of amides is 1. The van der Waals surface area contributed by atoms with E-state index in [-0.39, 0.29) is 23.0 Å². The maximum absolute atomic E-state index is 14.4. The standard InChI is InChI=1S/C35H42N4O7S/c1-7-45-30-19-24(12-15-29(30)46-21(2)3)33(38-25-13-14-26-23(18-25)16-17-37-34(26)36)35(41)39-28(20-32(40)44-6)27-10-8-9-11-31(27)47(42,43)22(4)5/h8-19,21-22,28,33,38H,7,20H2,1-6H3,(H2,36,37)(H,39,41)/t28-,33?/m1/s1. The lowest BCUT2D eigenvalue weighted by Gasteiger charge is -2.26. The van der Waals surface area contributed by atoms with Crippen molar-refractivity contribution < 1.29 is 32.2 Å². The van der Waals surface area contributed by atoms with Crippen molar-refractivity contribution in [2.24, 2.45) is 0 Å². The van der Waals surface area contributed by atoms with Crippen LogP contribution >= 0.6 is 0 Å². The molecule has 0 aliphatic rings. The first kappa shape index (κ1) is 35.0. The van der Waals surface area contributed by atoms with Crippen molar-refractivity contribution in [1.29, 1.82) is 0 Å². The Morgan fingerprint density at radius 3 is 2.38 bits per heavy atom. The molecule has 0 fully saturated rings. The highest BCUT2D eigenvalue weighted by Crippen LogP contribution is 2.35. The van der Waals surface area contributed by atoms with E-state index in [4.69, 9.17) is 19.9 Å².